The molecule has 0 aromatic heterocycles. The number of benzene rings is 6. The van der Waals surface area contributed by atoms with Crippen LogP contribution in [-0.4, -0.2) is 104 Å². The van der Waals surface area contributed by atoms with Crippen LogP contribution in [0.1, 0.15) is 116 Å². The zero-order chi connectivity index (χ0) is 62.8. The molecule has 2 atom stereocenters. The molecule has 0 radical (unpaired) electrons. The molecule has 0 heterocycles. The van der Waals surface area contributed by atoms with Crippen molar-refractivity contribution < 1.29 is 60.1 Å². The number of rotatable bonds is 34. The highest BCUT2D eigenvalue weighted by molar-refractivity contribution is 6.31. The van der Waals surface area contributed by atoms with Crippen LogP contribution in [0.2, 0.25) is 20.1 Å². The van der Waals surface area contributed by atoms with Crippen molar-refractivity contribution in [3.63, 3.8) is 0 Å². The van der Waals surface area contributed by atoms with Crippen LogP contribution in [0.4, 0.5) is 26.3 Å². The molecule has 0 amide bonds. The molecule has 0 aliphatic carbocycles. The minimum absolute atomic E-state index is 0.00482. The number of Topliss-reactive ketones (excluding diaryl/α,β-unsaturated/α-hetero) is 3. The maximum Gasteiger partial charge on any atom is 0.450 e. The van der Waals surface area contributed by atoms with Gasteiger partial charge in [-0.15, -0.1) is 0 Å². The zero-order valence-electron chi connectivity index (χ0n) is 48.5. The van der Waals surface area contributed by atoms with Gasteiger partial charge >= 0.3 is 18.3 Å². The van der Waals surface area contributed by atoms with Crippen molar-refractivity contribution in [3.05, 3.63) is 199 Å². The number of halogens is 10. The topological polar surface area (TPSA) is 113 Å². The summed E-state index contributed by atoms with van der Waals surface area (Å²) in [6.45, 7) is 5.03. The molecule has 0 saturated heterocycles. The number of hydrogen-bond acceptors (Lipinski definition) is 8. The summed E-state index contributed by atoms with van der Waals surface area (Å²) in [5.74, 6) is -5.32. The van der Waals surface area contributed by atoms with Gasteiger partial charge in [0.05, 0.1) is 0 Å². The van der Waals surface area contributed by atoms with Gasteiger partial charge in [-0.1, -0.05) is 145 Å². The Balaban J connectivity index is 0.000000314. The first kappa shape index (κ1) is 70.8. The van der Waals surface area contributed by atoms with E-state index in [-0.39, 0.29) is 49.7 Å². The summed E-state index contributed by atoms with van der Waals surface area (Å²) in [5, 5.41) is 11.4. The second-order valence-corrected chi connectivity index (χ2v) is 23.4. The summed E-state index contributed by atoms with van der Waals surface area (Å²) in [6, 6.07) is 44.8. The van der Waals surface area contributed by atoms with Crippen molar-refractivity contribution in [3.8, 4) is 11.5 Å². The molecule has 0 bridgehead atoms. The fourth-order valence-electron chi connectivity index (χ4n) is 9.94. The number of carbonyl (C=O) groups excluding carboxylic acids is 3. The van der Waals surface area contributed by atoms with Crippen LogP contribution in [0.25, 0.3) is 0 Å². The van der Waals surface area contributed by atoms with E-state index in [1.807, 2.05) is 111 Å². The molecular formula is C67H74Cl4F6N2O7. The molecule has 6 rings (SSSR count). The maximum absolute atomic E-state index is 13.2. The SMILES string of the molecule is CC(=O)CCCCCC(Cc1ccc(OCCN(C)CC(c2ccc(Cl)cc2)c2ccc(Cl)cc2)cc1)C(=O)C(F)(F)F.CN(CCOc1ccc(CC(CCCCCC(=O)O)C(=O)C(F)(F)F)cc1)CC(c1ccc(Cl)cc1)c1ccc(Cl)cc1. The van der Waals surface area contributed by atoms with Crippen LogP contribution in [0.3, 0.4) is 0 Å². The molecule has 1 N–H and O–H groups in total. The molecule has 86 heavy (non-hydrogen) atoms. The molecule has 6 aromatic rings. The fourth-order valence-corrected chi connectivity index (χ4v) is 10.4. The van der Waals surface area contributed by atoms with Crippen LogP contribution in [-0.2, 0) is 32.0 Å². The first-order chi connectivity index (χ1) is 40.8. The van der Waals surface area contributed by atoms with Gasteiger partial charge in [-0.2, -0.15) is 26.3 Å². The number of ketones is 3. The molecule has 0 spiro atoms. The lowest BCUT2D eigenvalue weighted by molar-refractivity contribution is -0.175. The molecule has 0 saturated carbocycles. The monoisotopic (exact) mass is 1270 g/mol. The van der Waals surface area contributed by atoms with Crippen LogP contribution in [0.15, 0.2) is 146 Å². The number of alkyl halides is 6. The van der Waals surface area contributed by atoms with Gasteiger partial charge in [0, 0.05) is 82.8 Å². The minimum atomic E-state index is -4.92. The molecule has 9 nitrogen and oxygen atoms in total. The van der Waals surface area contributed by atoms with Gasteiger partial charge in [0.15, 0.2) is 0 Å². The highest BCUT2D eigenvalue weighted by Gasteiger charge is 2.44. The molecular weight excluding hydrogens is 1200 g/mol. The number of nitrogens with zero attached hydrogens (tertiary/aromatic N) is 2. The lowest BCUT2D eigenvalue weighted by Crippen LogP contribution is -2.31. The van der Waals surface area contributed by atoms with E-state index in [2.05, 4.69) is 9.80 Å². The summed E-state index contributed by atoms with van der Waals surface area (Å²) >= 11 is 24.4. The van der Waals surface area contributed by atoms with Gasteiger partial charge < -0.3 is 29.2 Å². The number of carboxylic acids is 1. The third kappa shape index (κ3) is 25.8. The van der Waals surface area contributed by atoms with Gasteiger partial charge in [-0.25, -0.2) is 0 Å². The average molecular weight is 1280 g/mol. The van der Waals surface area contributed by atoms with E-state index in [0.29, 0.717) is 114 Å². The Morgan fingerprint density at radius 3 is 1.03 bits per heavy atom. The van der Waals surface area contributed by atoms with E-state index >= 15 is 0 Å². The first-order valence-corrected chi connectivity index (χ1v) is 30.1. The van der Waals surface area contributed by atoms with Crippen molar-refractivity contribution >= 4 is 69.7 Å². The second kappa shape index (κ2) is 35.8. The Morgan fingerprint density at radius 1 is 0.453 bits per heavy atom. The van der Waals surface area contributed by atoms with E-state index in [1.54, 1.807) is 48.5 Å². The minimum Gasteiger partial charge on any atom is -0.492 e. The average Bonchev–Trinajstić information content (AvgIpc) is 2.95. The number of carboxylic acid groups (broad SMARTS) is 1. The molecule has 19 heteroatoms. The third-order valence-corrected chi connectivity index (χ3v) is 15.7. The predicted molar refractivity (Wildman–Crippen MR) is 329 cm³/mol. The molecule has 2 unspecified atom stereocenters. The highest BCUT2D eigenvalue weighted by Crippen LogP contribution is 2.33. The van der Waals surface area contributed by atoms with E-state index in [9.17, 15) is 45.5 Å². The summed E-state index contributed by atoms with van der Waals surface area (Å²) in [5.41, 5.74) is 5.76. The number of aliphatic carboxylic acids is 1. The summed E-state index contributed by atoms with van der Waals surface area (Å²) in [7, 11) is 4.02. The Labute approximate surface area is 520 Å². The lowest BCUT2D eigenvalue weighted by atomic mass is 9.89. The van der Waals surface area contributed by atoms with Gasteiger partial charge in [0.25, 0.3) is 0 Å². The normalized spacial score (nSPS) is 12.5. The van der Waals surface area contributed by atoms with Crippen molar-refractivity contribution in [1.82, 2.24) is 9.80 Å². The standard InChI is InChI=1S/C34H38Cl2F3NO3.C33H36Cl2F3NO4/c1-24(41)6-4-3-5-7-28(33(42)34(37,38)39)22-25-8-18-31(19-9-25)43-21-20-40(2)23-32(26-10-14-29(35)15-11-26)27-12-16-30(36)17-13-27;1-39(22-30(24-9-13-27(34)14-10-24)25-11-15-28(35)16-12-25)19-20-43-29-17-7-23(8-18-29)21-26(32(42)33(36,37)38)5-3-2-4-6-31(40)41/h8-19,28,32H,3-7,20-23H2,1-2H3;7-18,26,30H,2-6,19-22H2,1H3,(H,40,41). The smallest absolute Gasteiger partial charge is 0.450 e. The number of likely N-dealkylation sites (N-methyl/N-ethyl adjacent to an activating group) is 2. The van der Waals surface area contributed by atoms with Gasteiger partial charge in [0.2, 0.25) is 11.6 Å². The Bertz CT molecular complexity index is 2710. The summed E-state index contributed by atoms with van der Waals surface area (Å²) in [6.07, 6.45) is -6.42. The van der Waals surface area contributed by atoms with E-state index < -0.39 is 41.7 Å². The molecule has 464 valence electrons. The Kier molecular flexibility index (Phi) is 29.5. The fraction of sp³-hybridized carbons (Fsp3) is 0.403. The molecule has 0 aliphatic heterocycles. The van der Waals surface area contributed by atoms with Crippen LogP contribution >= 0.6 is 46.4 Å². The highest BCUT2D eigenvalue weighted by atomic mass is 35.5. The largest absolute Gasteiger partial charge is 0.492 e. The molecule has 6 aromatic carbocycles. The van der Waals surface area contributed by atoms with Gasteiger partial charge in [-0.3, -0.25) is 14.4 Å². The summed E-state index contributed by atoms with van der Waals surface area (Å²) in [4.78, 5) is 50.2. The number of ether oxygens (including phenoxy) is 2. The van der Waals surface area contributed by atoms with Crippen LogP contribution in [0, 0.1) is 11.8 Å². The Hall–Kier alpha value is -5.94. The number of hydrogen-bond donors (Lipinski definition) is 1. The molecule has 0 fully saturated rings. The van der Waals surface area contributed by atoms with Crippen molar-refractivity contribution in [2.24, 2.45) is 11.8 Å². The van der Waals surface area contributed by atoms with Gasteiger partial charge in [-0.05, 0) is 166 Å². The lowest BCUT2D eigenvalue weighted by Gasteiger charge is -2.25. The summed E-state index contributed by atoms with van der Waals surface area (Å²) < 4.78 is 91.1. The number of carbonyl (C=O) groups is 4. The van der Waals surface area contributed by atoms with E-state index in [1.165, 1.54) is 6.92 Å². The Morgan fingerprint density at radius 2 is 0.756 bits per heavy atom. The van der Waals surface area contributed by atoms with E-state index in [0.717, 1.165) is 35.3 Å². The van der Waals surface area contributed by atoms with Crippen LogP contribution in [0.5, 0.6) is 11.5 Å². The van der Waals surface area contributed by atoms with E-state index in [4.69, 9.17) is 61.0 Å². The molecule has 0 aliphatic rings. The van der Waals surface area contributed by atoms with Crippen molar-refractivity contribution in [1.29, 1.82) is 0 Å². The van der Waals surface area contributed by atoms with Crippen molar-refractivity contribution in [2.75, 3.05) is 53.5 Å². The van der Waals surface area contributed by atoms with Crippen molar-refractivity contribution in [2.45, 2.75) is 108 Å². The van der Waals surface area contributed by atoms with Gasteiger partial charge in [0.1, 0.15) is 30.5 Å². The zero-order valence-corrected chi connectivity index (χ0v) is 51.5. The second-order valence-electron chi connectivity index (χ2n) is 21.6. The first-order valence-electron chi connectivity index (χ1n) is 28.6. The quantitative estimate of drug-likeness (QED) is 0.0312. The predicted octanol–water partition coefficient (Wildman–Crippen LogP) is 17.4. The number of unbranched alkanes of at least 4 members (excludes halogenated alkanes) is 4. The maximum atomic E-state index is 13.2. The third-order valence-electron chi connectivity index (χ3n) is 14.7. The van der Waals surface area contributed by atoms with Crippen LogP contribution < -0.4 is 9.47 Å².